The highest BCUT2D eigenvalue weighted by Crippen LogP contribution is 2.25. The molecule has 0 bridgehead atoms. The molecule has 322 valence electrons. The Balaban J connectivity index is 2.48. The van der Waals surface area contributed by atoms with Crippen molar-refractivity contribution in [2.24, 2.45) is 11.8 Å². The molecule has 0 aromatic heterocycles. The topological polar surface area (TPSA) is 137 Å². The van der Waals surface area contributed by atoms with E-state index in [4.69, 9.17) is 18.9 Å². The van der Waals surface area contributed by atoms with Crippen molar-refractivity contribution in [3.63, 3.8) is 0 Å². The summed E-state index contributed by atoms with van der Waals surface area (Å²) in [5.41, 5.74) is -0.532. The van der Waals surface area contributed by atoms with Crippen LogP contribution in [0.5, 0.6) is 0 Å². The number of hydrogen-bond donors (Lipinski definition) is 2. The molecule has 1 aliphatic heterocycles. The van der Waals surface area contributed by atoms with Crippen LogP contribution in [0.15, 0.2) is 0 Å². The molecule has 1 heterocycles. The SMILES string of the molecule is CCCCCCCCC(=O)OCC(CO)CC(=O)CCC1CCC(COC(C)(C)CC(COC(=O)CCCCCCC)COC(=O)CCCCCCCC)N1. The fourth-order valence-electron chi connectivity index (χ4n) is 7.26. The first-order chi connectivity index (χ1) is 26.5. The minimum Gasteiger partial charge on any atom is -0.465 e. The Bertz CT molecular complexity index is 1000. The van der Waals surface area contributed by atoms with Crippen molar-refractivity contribution in [3.8, 4) is 0 Å². The number of ketones is 1. The lowest BCUT2D eigenvalue weighted by molar-refractivity contribution is -0.151. The molecule has 10 heteroatoms. The predicted molar refractivity (Wildman–Crippen MR) is 220 cm³/mol. The molecule has 0 aliphatic carbocycles. The second-order valence-electron chi connectivity index (χ2n) is 16.9. The summed E-state index contributed by atoms with van der Waals surface area (Å²) in [4.78, 5) is 50.0. The molecule has 4 atom stereocenters. The zero-order chi connectivity index (χ0) is 40.6. The van der Waals surface area contributed by atoms with Crippen molar-refractivity contribution in [1.29, 1.82) is 0 Å². The van der Waals surface area contributed by atoms with Gasteiger partial charge < -0.3 is 29.4 Å². The third kappa shape index (κ3) is 28.9. The summed E-state index contributed by atoms with van der Waals surface area (Å²) in [6.45, 7) is 11.4. The average Bonchev–Trinajstić information content (AvgIpc) is 3.63. The summed E-state index contributed by atoms with van der Waals surface area (Å²) in [6.07, 6.45) is 23.6. The fourth-order valence-corrected chi connectivity index (χ4v) is 7.26. The van der Waals surface area contributed by atoms with Crippen molar-refractivity contribution in [2.45, 2.75) is 219 Å². The Labute approximate surface area is 335 Å². The van der Waals surface area contributed by atoms with Gasteiger partial charge in [0.05, 0.1) is 32.0 Å². The highest BCUT2D eigenvalue weighted by Gasteiger charge is 2.30. The van der Waals surface area contributed by atoms with Crippen LogP contribution in [0.25, 0.3) is 0 Å². The summed E-state index contributed by atoms with van der Waals surface area (Å²) in [7, 11) is 0. The van der Waals surface area contributed by atoms with E-state index in [1.807, 2.05) is 13.8 Å². The lowest BCUT2D eigenvalue weighted by atomic mass is 9.94. The molecule has 55 heavy (non-hydrogen) atoms. The quantitative estimate of drug-likeness (QED) is 0.0356. The van der Waals surface area contributed by atoms with Gasteiger partial charge in [0.25, 0.3) is 0 Å². The van der Waals surface area contributed by atoms with Gasteiger partial charge in [0, 0.05) is 62.6 Å². The zero-order valence-corrected chi connectivity index (χ0v) is 35.9. The van der Waals surface area contributed by atoms with Crippen molar-refractivity contribution in [1.82, 2.24) is 5.32 Å². The molecule has 0 amide bonds. The Morgan fingerprint density at radius 2 is 1.02 bits per heavy atom. The van der Waals surface area contributed by atoms with Crippen LogP contribution < -0.4 is 5.32 Å². The molecule has 1 rings (SSSR count). The van der Waals surface area contributed by atoms with Gasteiger partial charge in [-0.2, -0.15) is 0 Å². The highest BCUT2D eigenvalue weighted by atomic mass is 16.5. The van der Waals surface area contributed by atoms with Crippen molar-refractivity contribution in [2.75, 3.05) is 33.0 Å². The van der Waals surface area contributed by atoms with E-state index in [2.05, 4.69) is 26.1 Å². The van der Waals surface area contributed by atoms with Gasteiger partial charge in [0.1, 0.15) is 5.78 Å². The first-order valence-electron chi connectivity index (χ1n) is 22.5. The van der Waals surface area contributed by atoms with Gasteiger partial charge in [-0.25, -0.2) is 0 Å². The van der Waals surface area contributed by atoms with Crippen LogP contribution in [-0.4, -0.2) is 79.5 Å². The Morgan fingerprint density at radius 3 is 1.47 bits per heavy atom. The number of hydrogen-bond acceptors (Lipinski definition) is 10. The molecule has 10 nitrogen and oxygen atoms in total. The van der Waals surface area contributed by atoms with Crippen LogP contribution in [0, 0.1) is 11.8 Å². The van der Waals surface area contributed by atoms with E-state index in [1.165, 1.54) is 44.9 Å². The monoisotopic (exact) mass is 782 g/mol. The maximum absolute atomic E-state index is 12.8. The lowest BCUT2D eigenvalue weighted by Crippen LogP contribution is -2.38. The number of nitrogens with one attached hydrogen (secondary N) is 1. The second kappa shape index (κ2) is 33.0. The van der Waals surface area contributed by atoms with Crippen LogP contribution in [-0.2, 0) is 38.1 Å². The fraction of sp³-hybridized carbons (Fsp3) is 0.911. The molecule has 4 unspecified atom stereocenters. The number of carbonyl (C=O) groups excluding carboxylic acids is 4. The number of aliphatic hydroxyl groups is 1. The zero-order valence-electron chi connectivity index (χ0n) is 35.9. The molecular formula is C45H83NO9. The largest absolute Gasteiger partial charge is 0.465 e. The van der Waals surface area contributed by atoms with E-state index in [0.29, 0.717) is 45.1 Å². The molecule has 1 fully saturated rings. The molecule has 0 aromatic rings. The van der Waals surface area contributed by atoms with Gasteiger partial charge in [0.15, 0.2) is 0 Å². The van der Waals surface area contributed by atoms with E-state index in [0.717, 1.165) is 77.0 Å². The number of carbonyl (C=O) groups is 4. The molecule has 0 spiro atoms. The molecule has 0 radical (unpaired) electrons. The number of aliphatic hydroxyl groups excluding tert-OH is 1. The summed E-state index contributed by atoms with van der Waals surface area (Å²) >= 11 is 0. The van der Waals surface area contributed by atoms with Crippen LogP contribution in [0.4, 0.5) is 0 Å². The maximum atomic E-state index is 12.8. The standard InChI is InChI=1S/C45H83NO9/c1-6-9-12-15-18-21-24-42(49)52-33-37(32-47)30-41(48)29-28-39-26-27-40(46-39)36-55-45(4,5)31-38(34-53-43(50)23-20-17-14-11-8-3)35-54-44(51)25-22-19-16-13-10-7-2/h37-40,46-47H,6-36H2,1-5H3. The van der Waals surface area contributed by atoms with Crippen molar-refractivity contribution < 1.29 is 43.2 Å². The minimum atomic E-state index is -0.532. The van der Waals surface area contributed by atoms with Gasteiger partial charge in [-0.3, -0.25) is 19.2 Å². The number of ether oxygens (including phenoxy) is 4. The molecule has 1 saturated heterocycles. The molecule has 0 saturated carbocycles. The van der Waals surface area contributed by atoms with Gasteiger partial charge >= 0.3 is 17.9 Å². The van der Waals surface area contributed by atoms with Crippen molar-refractivity contribution in [3.05, 3.63) is 0 Å². The van der Waals surface area contributed by atoms with E-state index in [9.17, 15) is 24.3 Å². The van der Waals surface area contributed by atoms with Crippen LogP contribution in [0.1, 0.15) is 202 Å². The van der Waals surface area contributed by atoms with Gasteiger partial charge in [-0.1, -0.05) is 111 Å². The van der Waals surface area contributed by atoms with Crippen LogP contribution >= 0.6 is 0 Å². The van der Waals surface area contributed by atoms with Gasteiger partial charge in [-0.05, 0) is 58.8 Å². The normalized spacial score (nSPS) is 16.8. The number of rotatable bonds is 37. The summed E-state index contributed by atoms with van der Waals surface area (Å²) in [5.74, 6) is -1.12. The van der Waals surface area contributed by atoms with Gasteiger partial charge in [0.2, 0.25) is 0 Å². The van der Waals surface area contributed by atoms with Crippen LogP contribution in [0.2, 0.25) is 0 Å². The smallest absolute Gasteiger partial charge is 0.305 e. The third-order valence-corrected chi connectivity index (χ3v) is 10.7. The molecule has 1 aliphatic rings. The lowest BCUT2D eigenvalue weighted by Gasteiger charge is -2.31. The average molecular weight is 782 g/mol. The molecule has 2 N–H and O–H groups in total. The van der Waals surface area contributed by atoms with E-state index in [1.54, 1.807) is 0 Å². The Hall–Kier alpha value is -2.04. The van der Waals surface area contributed by atoms with E-state index >= 15 is 0 Å². The van der Waals surface area contributed by atoms with E-state index < -0.39 is 5.60 Å². The number of esters is 3. The van der Waals surface area contributed by atoms with E-state index in [-0.39, 0.29) is 80.5 Å². The first kappa shape index (κ1) is 51.0. The number of unbranched alkanes of at least 4 members (excludes halogenated alkanes) is 14. The third-order valence-electron chi connectivity index (χ3n) is 10.7. The summed E-state index contributed by atoms with van der Waals surface area (Å²) in [6, 6.07) is 0.373. The Morgan fingerprint density at radius 1 is 0.600 bits per heavy atom. The summed E-state index contributed by atoms with van der Waals surface area (Å²) in [5, 5.41) is 13.4. The van der Waals surface area contributed by atoms with Crippen LogP contribution in [0.3, 0.4) is 0 Å². The van der Waals surface area contributed by atoms with Gasteiger partial charge in [-0.15, -0.1) is 0 Å². The maximum Gasteiger partial charge on any atom is 0.305 e. The number of Topliss-reactive ketones (excluding diaryl/α,β-unsaturated/α-hetero) is 1. The summed E-state index contributed by atoms with van der Waals surface area (Å²) < 4.78 is 23.2. The molecular weight excluding hydrogens is 698 g/mol. The second-order valence-corrected chi connectivity index (χ2v) is 16.9. The minimum absolute atomic E-state index is 0.0737. The highest BCUT2D eigenvalue weighted by molar-refractivity contribution is 5.78. The Kier molecular flexibility index (Phi) is 30.6. The van der Waals surface area contributed by atoms with Crippen molar-refractivity contribution >= 4 is 23.7 Å². The predicted octanol–water partition coefficient (Wildman–Crippen LogP) is 9.75. The molecule has 0 aromatic carbocycles. The first-order valence-corrected chi connectivity index (χ1v) is 22.5.